The van der Waals surface area contributed by atoms with E-state index < -0.39 is 0 Å². The number of hydrogen-bond donors (Lipinski definition) is 0. The summed E-state index contributed by atoms with van der Waals surface area (Å²) in [7, 11) is 0. The lowest BCUT2D eigenvalue weighted by Crippen LogP contribution is -2.09. The Morgan fingerprint density at radius 2 is 1.26 bits per heavy atom. The van der Waals surface area contributed by atoms with Gasteiger partial charge in [0, 0.05) is 32.0 Å². The second kappa shape index (κ2) is 11.7. The molecule has 0 amide bonds. The predicted molar refractivity (Wildman–Crippen MR) is 238 cm³/mol. The highest BCUT2D eigenvalue weighted by atomic mass is 32.1. The minimum Gasteiger partial charge on any atom is -0.460 e. The lowest BCUT2D eigenvalue weighted by Gasteiger charge is -2.19. The Labute approximate surface area is 331 Å². The van der Waals surface area contributed by atoms with E-state index in [2.05, 4.69) is 174 Å². The van der Waals surface area contributed by atoms with Crippen LogP contribution in [0.3, 0.4) is 0 Å². The number of benzene rings is 8. The second-order valence-electron chi connectivity index (χ2n) is 15.2. The molecular weight excluding hydrogens is 715 g/mol. The molecule has 11 aromatic rings. The average molecular weight is 746 g/mol. The maximum absolute atomic E-state index is 7.00. The molecule has 0 saturated carbocycles. The van der Waals surface area contributed by atoms with Crippen molar-refractivity contribution < 1.29 is 4.74 Å². The van der Waals surface area contributed by atoms with E-state index in [9.17, 15) is 0 Å². The summed E-state index contributed by atoms with van der Waals surface area (Å²) in [4.78, 5) is 10.8. The summed E-state index contributed by atoms with van der Waals surface area (Å²) >= 11 is 1.76. The van der Waals surface area contributed by atoms with Gasteiger partial charge in [0.05, 0.1) is 44.1 Å². The highest BCUT2D eigenvalue weighted by Gasteiger charge is 2.37. The number of fused-ring (bicyclic) bond motifs is 14. The fourth-order valence-corrected chi connectivity index (χ4v) is 10.7. The number of ether oxygens (including phenoxy) is 1. The van der Waals surface area contributed by atoms with E-state index in [0.29, 0.717) is 5.82 Å². The van der Waals surface area contributed by atoms with Crippen molar-refractivity contribution in [2.24, 2.45) is 0 Å². The van der Waals surface area contributed by atoms with E-state index in [1.807, 2.05) is 0 Å². The summed E-state index contributed by atoms with van der Waals surface area (Å²) in [6, 6.07) is 56.9. The second-order valence-corrected chi connectivity index (χ2v) is 16.2. The summed E-state index contributed by atoms with van der Waals surface area (Å²) in [5.74, 6) is 2.50. The fraction of sp³-hybridized carbons (Fsp3) is 0.0385. The Morgan fingerprint density at radius 3 is 2.04 bits per heavy atom. The molecule has 0 fully saturated rings. The van der Waals surface area contributed by atoms with Crippen molar-refractivity contribution in [3.05, 3.63) is 187 Å². The smallest absolute Gasteiger partial charge is 0.163 e. The van der Waals surface area contributed by atoms with Gasteiger partial charge < -0.3 is 9.30 Å². The van der Waals surface area contributed by atoms with Crippen molar-refractivity contribution in [3.8, 4) is 22.7 Å². The highest BCUT2D eigenvalue weighted by molar-refractivity contribution is 7.26. The van der Waals surface area contributed by atoms with E-state index in [1.165, 1.54) is 64.4 Å². The lowest BCUT2D eigenvalue weighted by atomic mass is 9.87. The molecule has 1 aliphatic carbocycles. The fourth-order valence-electron chi connectivity index (χ4n) is 9.59. The molecule has 4 heterocycles. The van der Waals surface area contributed by atoms with E-state index >= 15 is 0 Å². The monoisotopic (exact) mass is 745 g/mol. The van der Waals surface area contributed by atoms with Crippen LogP contribution in [0.4, 0.5) is 0 Å². The first-order valence-electron chi connectivity index (χ1n) is 19.5. The van der Waals surface area contributed by atoms with Gasteiger partial charge in [-0.15, -0.1) is 11.3 Å². The van der Waals surface area contributed by atoms with E-state index in [-0.39, 0.29) is 5.92 Å². The van der Waals surface area contributed by atoms with Crippen LogP contribution in [0.25, 0.3) is 96.9 Å². The van der Waals surface area contributed by atoms with Crippen molar-refractivity contribution in [2.75, 3.05) is 0 Å². The average Bonchev–Trinajstić information content (AvgIpc) is 3.96. The van der Waals surface area contributed by atoms with Crippen LogP contribution in [-0.2, 0) is 0 Å². The van der Waals surface area contributed by atoms with Crippen LogP contribution < -0.4 is 4.74 Å². The minimum atomic E-state index is 0.00671. The van der Waals surface area contributed by atoms with Crippen LogP contribution in [0.1, 0.15) is 23.7 Å². The standard InChI is InChI=1S/C52H31N3OS/c1-2-14-33-29-34(24-23-30(33)11-1)48-51-49(37-17-7-8-22-44(37)57-51)54-52(53-48)39-19-9-18-38-45-40(20-10-21-43(45)56-50(38)39)55-41-27-25-31-12-3-5-15-35(31)46(41)47-36-16-6-4-13-32(36)26-28-42(47)55/h1-17,19-29,38H,18H2. The molecule has 8 aromatic carbocycles. The number of rotatable bonds is 3. The van der Waals surface area contributed by atoms with Crippen LogP contribution in [0.15, 0.2) is 176 Å². The molecule has 13 rings (SSSR count). The SMILES string of the molecule is C1=CC(c2nc(-c3ccc4ccccc4c3)c3sc4ccccc4c3n2)=C2Oc3cccc(-n4c5ccc6ccccc6c5c5c6ccccc6ccc54)c3C2C1. The van der Waals surface area contributed by atoms with Crippen LogP contribution in [0.2, 0.25) is 0 Å². The lowest BCUT2D eigenvalue weighted by molar-refractivity contribution is 0.428. The van der Waals surface area contributed by atoms with Gasteiger partial charge in [-0.3, -0.25) is 0 Å². The Balaban J connectivity index is 1.05. The molecule has 0 saturated heterocycles. The first-order chi connectivity index (χ1) is 28.3. The van der Waals surface area contributed by atoms with Gasteiger partial charge in [-0.2, -0.15) is 0 Å². The van der Waals surface area contributed by atoms with E-state index in [0.717, 1.165) is 56.1 Å². The third kappa shape index (κ3) is 4.43. The summed E-state index contributed by atoms with van der Waals surface area (Å²) < 4.78 is 11.8. The quantitative estimate of drug-likeness (QED) is 0.181. The van der Waals surface area contributed by atoms with Gasteiger partial charge in [0.2, 0.25) is 0 Å². The molecular formula is C52H31N3OS. The zero-order valence-corrected chi connectivity index (χ0v) is 31.4. The normalized spacial score (nSPS) is 15.1. The van der Waals surface area contributed by atoms with Gasteiger partial charge in [-0.1, -0.05) is 133 Å². The Kier molecular flexibility index (Phi) is 6.40. The van der Waals surface area contributed by atoms with Crippen LogP contribution in [-0.4, -0.2) is 14.5 Å². The molecule has 2 aliphatic rings. The summed E-state index contributed by atoms with van der Waals surface area (Å²) in [6.45, 7) is 0. The Hall–Kier alpha value is -7.08. The summed E-state index contributed by atoms with van der Waals surface area (Å²) in [5.41, 5.74) is 8.68. The van der Waals surface area contributed by atoms with Crippen LogP contribution in [0.5, 0.6) is 5.75 Å². The van der Waals surface area contributed by atoms with Gasteiger partial charge in [0.25, 0.3) is 0 Å². The predicted octanol–water partition coefficient (Wildman–Crippen LogP) is 13.9. The van der Waals surface area contributed by atoms with Gasteiger partial charge >= 0.3 is 0 Å². The topological polar surface area (TPSA) is 39.9 Å². The van der Waals surface area contributed by atoms with Crippen molar-refractivity contribution in [2.45, 2.75) is 12.3 Å². The van der Waals surface area contributed by atoms with Gasteiger partial charge in [0.1, 0.15) is 11.5 Å². The molecule has 0 spiro atoms. The van der Waals surface area contributed by atoms with Gasteiger partial charge in [-0.25, -0.2) is 9.97 Å². The van der Waals surface area contributed by atoms with Crippen molar-refractivity contribution in [1.29, 1.82) is 0 Å². The molecule has 1 aliphatic heterocycles. The molecule has 5 heteroatoms. The van der Waals surface area contributed by atoms with Crippen molar-refractivity contribution in [3.63, 3.8) is 0 Å². The molecule has 266 valence electrons. The van der Waals surface area contributed by atoms with E-state index in [1.54, 1.807) is 11.3 Å². The zero-order chi connectivity index (χ0) is 37.2. The minimum absolute atomic E-state index is 0.00671. The van der Waals surface area contributed by atoms with Crippen molar-refractivity contribution >= 4 is 91.3 Å². The number of aromatic nitrogens is 3. The number of thiophene rings is 1. The first kappa shape index (κ1) is 31.2. The number of hydrogen-bond acceptors (Lipinski definition) is 4. The maximum atomic E-state index is 7.00. The molecule has 57 heavy (non-hydrogen) atoms. The van der Waals surface area contributed by atoms with Crippen LogP contribution in [0, 0.1) is 0 Å². The van der Waals surface area contributed by atoms with Crippen LogP contribution >= 0.6 is 11.3 Å². The molecule has 1 unspecified atom stereocenters. The summed E-state index contributed by atoms with van der Waals surface area (Å²) in [5, 5.41) is 11.1. The van der Waals surface area contributed by atoms with Gasteiger partial charge in [0.15, 0.2) is 5.82 Å². The molecule has 0 N–H and O–H groups in total. The van der Waals surface area contributed by atoms with Crippen molar-refractivity contribution in [1.82, 2.24) is 14.5 Å². The Bertz CT molecular complexity index is 3510. The molecule has 3 aromatic heterocycles. The molecule has 4 nitrogen and oxygen atoms in total. The zero-order valence-electron chi connectivity index (χ0n) is 30.6. The third-order valence-electron chi connectivity index (χ3n) is 12.1. The van der Waals surface area contributed by atoms with Gasteiger partial charge in [-0.05, 0) is 75.1 Å². The number of allylic oxidation sites excluding steroid dienone is 4. The first-order valence-corrected chi connectivity index (χ1v) is 20.3. The third-order valence-corrected chi connectivity index (χ3v) is 13.3. The number of nitrogens with zero attached hydrogens (tertiary/aromatic N) is 3. The molecule has 0 radical (unpaired) electrons. The molecule has 0 bridgehead atoms. The Morgan fingerprint density at radius 1 is 0.596 bits per heavy atom. The van der Waals surface area contributed by atoms with E-state index in [4.69, 9.17) is 14.7 Å². The summed E-state index contributed by atoms with van der Waals surface area (Å²) in [6.07, 6.45) is 5.28. The largest absolute Gasteiger partial charge is 0.460 e. The highest BCUT2D eigenvalue weighted by Crippen LogP contribution is 2.52. The molecule has 1 atom stereocenters. The maximum Gasteiger partial charge on any atom is 0.163 e.